The van der Waals surface area contributed by atoms with Crippen molar-refractivity contribution in [3.05, 3.63) is 65.3 Å². The minimum absolute atomic E-state index is 0.00170. The zero-order chi connectivity index (χ0) is 20.8. The van der Waals surface area contributed by atoms with Gasteiger partial charge in [0.1, 0.15) is 5.69 Å². The van der Waals surface area contributed by atoms with Gasteiger partial charge in [0, 0.05) is 25.0 Å². The van der Waals surface area contributed by atoms with Gasteiger partial charge < -0.3 is 5.73 Å². The van der Waals surface area contributed by atoms with E-state index in [0.717, 1.165) is 5.56 Å². The number of sulfonamides is 1. The largest absolute Gasteiger partial charge is 0.319 e. The van der Waals surface area contributed by atoms with Crippen molar-refractivity contribution in [2.45, 2.75) is 10.9 Å². The lowest BCUT2D eigenvalue weighted by Gasteiger charge is -2.14. The number of benzene rings is 1. The van der Waals surface area contributed by atoms with Gasteiger partial charge in [0.15, 0.2) is 5.65 Å². The number of nitrogens with zero attached hydrogens (tertiary/aromatic N) is 5. The Morgan fingerprint density at radius 2 is 1.72 bits per heavy atom. The Balaban J connectivity index is 1.91. The Kier molecular flexibility index (Phi) is 4.79. The summed E-state index contributed by atoms with van der Waals surface area (Å²) in [6.45, 7) is 0. The molecule has 4 N–H and O–H groups in total. The fourth-order valence-corrected chi connectivity index (χ4v) is 3.79. The van der Waals surface area contributed by atoms with Crippen molar-refractivity contribution in [1.29, 1.82) is 0 Å². The van der Waals surface area contributed by atoms with Crippen LogP contribution in [0.3, 0.4) is 0 Å². The van der Waals surface area contributed by atoms with Gasteiger partial charge in [-0.15, -0.1) is 0 Å². The molecule has 0 aliphatic carbocycles. The van der Waals surface area contributed by atoms with E-state index >= 15 is 0 Å². The Morgan fingerprint density at radius 3 is 2.34 bits per heavy atom. The highest BCUT2D eigenvalue weighted by Crippen LogP contribution is 2.33. The van der Waals surface area contributed by atoms with Crippen LogP contribution in [0.15, 0.2) is 53.7 Å². The zero-order valence-electron chi connectivity index (χ0n) is 15.2. The van der Waals surface area contributed by atoms with Crippen LogP contribution in [0.25, 0.3) is 22.3 Å². The number of halogens is 1. The number of nitrogens with two attached hydrogens (primary N) is 2. The van der Waals surface area contributed by atoms with Crippen molar-refractivity contribution >= 4 is 32.7 Å². The Hall–Kier alpha value is -2.92. The molecule has 148 valence electrons. The number of aromatic nitrogens is 5. The molecule has 3 heterocycles. The molecule has 0 aliphatic rings. The van der Waals surface area contributed by atoms with Gasteiger partial charge in [-0.05, 0) is 41.4 Å². The average Bonchev–Trinajstić information content (AvgIpc) is 3.03. The third kappa shape index (κ3) is 3.58. The first-order valence-corrected chi connectivity index (χ1v) is 10.4. The van der Waals surface area contributed by atoms with E-state index in [1.807, 2.05) is 12.1 Å². The van der Waals surface area contributed by atoms with Gasteiger partial charge in [-0.1, -0.05) is 12.1 Å². The molecule has 3 aromatic heterocycles. The van der Waals surface area contributed by atoms with Crippen LogP contribution < -0.4 is 10.9 Å². The summed E-state index contributed by atoms with van der Waals surface area (Å²) >= 11 is 6.14. The summed E-state index contributed by atoms with van der Waals surface area (Å²) in [5.74, 6) is 0. The van der Waals surface area contributed by atoms with Crippen molar-refractivity contribution < 1.29 is 8.42 Å². The number of pyridine rings is 1. The van der Waals surface area contributed by atoms with Crippen molar-refractivity contribution in [3.8, 4) is 11.3 Å². The second-order valence-corrected chi connectivity index (χ2v) is 8.28. The lowest BCUT2D eigenvalue weighted by atomic mass is 10.00. The molecule has 0 spiro atoms. The highest BCUT2D eigenvalue weighted by Gasteiger charge is 2.23. The third-order valence-corrected chi connectivity index (χ3v) is 5.60. The average molecular weight is 430 g/mol. The van der Waals surface area contributed by atoms with Crippen LogP contribution in [-0.2, 0) is 17.1 Å². The monoisotopic (exact) mass is 429 g/mol. The molecule has 11 heteroatoms. The fraction of sp³-hybridized carbons (Fsp3) is 0.111. The SMILES string of the molecule is Cn1nc(-c2ccncc2)c2c(C(N)c3ccc(S(N)(=O)=O)cc3)nc(Cl)nc21. The van der Waals surface area contributed by atoms with Gasteiger partial charge in [0.25, 0.3) is 0 Å². The lowest BCUT2D eigenvalue weighted by Crippen LogP contribution is -2.16. The maximum atomic E-state index is 11.5. The lowest BCUT2D eigenvalue weighted by molar-refractivity contribution is 0.597. The molecule has 0 aliphatic heterocycles. The summed E-state index contributed by atoms with van der Waals surface area (Å²) in [7, 11) is -2.04. The van der Waals surface area contributed by atoms with Gasteiger partial charge in [-0.2, -0.15) is 10.1 Å². The topological polar surface area (TPSA) is 143 Å². The van der Waals surface area contributed by atoms with Gasteiger partial charge >= 0.3 is 0 Å². The van der Waals surface area contributed by atoms with Gasteiger partial charge in [0.2, 0.25) is 15.3 Å². The molecule has 0 fully saturated rings. The maximum Gasteiger partial charge on any atom is 0.238 e. The summed E-state index contributed by atoms with van der Waals surface area (Å²) in [5, 5.41) is 10.4. The molecule has 0 bridgehead atoms. The second kappa shape index (κ2) is 7.16. The Labute approximate surface area is 171 Å². The van der Waals surface area contributed by atoms with Crippen LogP contribution in [0.1, 0.15) is 17.3 Å². The van der Waals surface area contributed by atoms with Crippen LogP contribution in [0, 0.1) is 0 Å². The van der Waals surface area contributed by atoms with E-state index < -0.39 is 16.1 Å². The van der Waals surface area contributed by atoms with Crippen molar-refractivity contribution in [2.75, 3.05) is 0 Å². The van der Waals surface area contributed by atoms with Crippen molar-refractivity contribution in [2.24, 2.45) is 17.9 Å². The molecule has 29 heavy (non-hydrogen) atoms. The summed E-state index contributed by atoms with van der Waals surface area (Å²) < 4.78 is 24.6. The first-order chi connectivity index (χ1) is 13.8. The first kappa shape index (κ1) is 19.4. The van der Waals surface area contributed by atoms with E-state index in [0.29, 0.717) is 28.0 Å². The zero-order valence-corrected chi connectivity index (χ0v) is 16.8. The van der Waals surface area contributed by atoms with Crippen LogP contribution >= 0.6 is 11.6 Å². The molecule has 0 saturated carbocycles. The maximum absolute atomic E-state index is 11.5. The van der Waals surface area contributed by atoms with Crippen LogP contribution in [0.5, 0.6) is 0 Å². The smallest absolute Gasteiger partial charge is 0.238 e. The first-order valence-electron chi connectivity index (χ1n) is 8.44. The van der Waals surface area contributed by atoms with Gasteiger partial charge in [-0.3, -0.25) is 4.98 Å². The summed E-state index contributed by atoms with van der Waals surface area (Å²) in [5.41, 5.74) is 9.61. The highest BCUT2D eigenvalue weighted by molar-refractivity contribution is 7.89. The molecular formula is C18H16ClN7O2S. The molecule has 4 rings (SSSR count). The normalized spacial score (nSPS) is 13.0. The standard InChI is InChI=1S/C18H16ClN7O2S/c1-26-17-13(15(25-26)11-6-8-22-9-7-11)16(23-18(19)24-17)14(20)10-2-4-12(5-3-10)29(21,27)28/h2-9,14H,20H2,1H3,(H2,21,27,28). The Morgan fingerprint density at radius 1 is 1.07 bits per heavy atom. The number of hydrogen-bond donors (Lipinski definition) is 2. The molecule has 1 atom stereocenters. The third-order valence-electron chi connectivity index (χ3n) is 4.50. The van der Waals surface area contributed by atoms with E-state index in [9.17, 15) is 8.42 Å². The van der Waals surface area contributed by atoms with Crippen LogP contribution in [0.2, 0.25) is 5.28 Å². The van der Waals surface area contributed by atoms with E-state index in [-0.39, 0.29) is 10.2 Å². The minimum Gasteiger partial charge on any atom is -0.319 e. The van der Waals surface area contributed by atoms with E-state index in [4.69, 9.17) is 22.5 Å². The van der Waals surface area contributed by atoms with Crippen molar-refractivity contribution in [1.82, 2.24) is 24.7 Å². The highest BCUT2D eigenvalue weighted by atomic mass is 35.5. The van der Waals surface area contributed by atoms with E-state index in [1.165, 1.54) is 12.1 Å². The van der Waals surface area contributed by atoms with Crippen LogP contribution in [-0.4, -0.2) is 33.2 Å². The quantitative estimate of drug-likeness (QED) is 0.470. The second-order valence-electron chi connectivity index (χ2n) is 6.38. The van der Waals surface area contributed by atoms with E-state index in [2.05, 4.69) is 20.1 Å². The van der Waals surface area contributed by atoms with Crippen LogP contribution in [0.4, 0.5) is 0 Å². The predicted octanol–water partition coefficient (Wildman–Crippen LogP) is 1.77. The molecule has 0 saturated heterocycles. The fourth-order valence-electron chi connectivity index (χ4n) is 3.11. The summed E-state index contributed by atoms with van der Waals surface area (Å²) in [4.78, 5) is 12.7. The molecule has 4 aromatic rings. The number of fused-ring (bicyclic) bond motifs is 1. The van der Waals surface area contributed by atoms with Crippen molar-refractivity contribution in [3.63, 3.8) is 0 Å². The van der Waals surface area contributed by atoms with Gasteiger partial charge in [-0.25, -0.2) is 23.2 Å². The Bertz CT molecular complexity index is 1310. The number of primary sulfonamides is 1. The molecular weight excluding hydrogens is 414 g/mol. The number of aryl methyl sites for hydroxylation is 1. The summed E-state index contributed by atoms with van der Waals surface area (Å²) in [6, 6.07) is 8.94. The minimum atomic E-state index is -3.80. The number of rotatable bonds is 4. The predicted molar refractivity (Wildman–Crippen MR) is 108 cm³/mol. The number of hydrogen-bond acceptors (Lipinski definition) is 7. The van der Waals surface area contributed by atoms with E-state index in [1.54, 1.807) is 36.3 Å². The molecule has 0 amide bonds. The molecule has 1 unspecified atom stereocenters. The molecule has 0 radical (unpaired) electrons. The summed E-state index contributed by atoms with van der Waals surface area (Å²) in [6.07, 6.45) is 3.33. The van der Waals surface area contributed by atoms with Gasteiger partial charge in [0.05, 0.1) is 22.0 Å². The molecule has 1 aromatic carbocycles. The molecule has 9 nitrogen and oxygen atoms in total.